The molecule has 4 nitrogen and oxygen atoms in total. The maximum Gasteiger partial charge on any atom is 0.453 e. The molecule has 0 aromatic carbocycles. The van der Waals surface area contributed by atoms with Crippen LogP contribution in [0.2, 0.25) is 0 Å². The number of halogens is 3. The van der Waals surface area contributed by atoms with Gasteiger partial charge in [0, 0.05) is 0 Å². The maximum absolute atomic E-state index is 11.9. The van der Waals surface area contributed by atoms with Crippen LogP contribution >= 0.6 is 0 Å². The maximum atomic E-state index is 11.9. The van der Waals surface area contributed by atoms with Crippen LogP contribution in [0.25, 0.3) is 0 Å². The lowest BCUT2D eigenvalue weighted by molar-refractivity contribution is -0.144. The summed E-state index contributed by atoms with van der Waals surface area (Å²) in [5, 5.41) is 7.82. The number of nitrogens with one attached hydrogen (secondary N) is 2. The normalized spacial score (nSPS) is 12.0. The number of hydrogen-bond acceptors (Lipinski definition) is 3. The minimum absolute atomic E-state index is 0.171. The molecule has 7 heteroatoms. The average Bonchev–Trinajstić information content (AvgIpc) is 2.35. The van der Waals surface area contributed by atoms with E-state index in [4.69, 9.17) is 0 Å². The molecule has 1 aromatic heterocycles. The van der Waals surface area contributed by atoms with Crippen molar-refractivity contribution >= 4 is 0 Å². The van der Waals surface area contributed by atoms with Crippen LogP contribution in [0.5, 0.6) is 0 Å². The van der Waals surface area contributed by atoms with Gasteiger partial charge in [0.2, 0.25) is 0 Å². The third-order valence-electron chi connectivity index (χ3n) is 1.13. The quantitative estimate of drug-likeness (QED) is 0.698. The minimum atomic E-state index is -4.47. The first-order valence-electron chi connectivity index (χ1n) is 3.17. The largest absolute Gasteiger partial charge is 0.453 e. The van der Waals surface area contributed by atoms with E-state index in [1.807, 2.05) is 0 Å². The Morgan fingerprint density at radius 1 is 1.50 bits per heavy atom. The Bertz CT molecular complexity index is 253. The molecule has 2 N–H and O–H groups in total. The van der Waals surface area contributed by atoms with Gasteiger partial charge in [-0.2, -0.15) is 13.2 Å². The lowest BCUT2D eigenvalue weighted by Gasteiger charge is -1.97. The van der Waals surface area contributed by atoms with Gasteiger partial charge in [0.05, 0.1) is 6.54 Å². The van der Waals surface area contributed by atoms with Gasteiger partial charge >= 0.3 is 6.18 Å². The van der Waals surface area contributed by atoms with Crippen LogP contribution in [0, 0.1) is 0 Å². The van der Waals surface area contributed by atoms with Crippen LogP contribution < -0.4 is 5.32 Å². The minimum Gasteiger partial charge on any atom is -0.313 e. The first-order valence-corrected chi connectivity index (χ1v) is 3.17. The van der Waals surface area contributed by atoms with Gasteiger partial charge in [0.15, 0.2) is 0 Å². The first-order chi connectivity index (χ1) is 5.54. The van der Waals surface area contributed by atoms with Crippen LogP contribution in [0.15, 0.2) is 0 Å². The van der Waals surface area contributed by atoms with E-state index in [0.717, 1.165) is 0 Å². The zero-order valence-corrected chi connectivity index (χ0v) is 6.24. The highest BCUT2D eigenvalue weighted by molar-refractivity contribution is 4.93. The molecule has 68 valence electrons. The van der Waals surface area contributed by atoms with E-state index in [2.05, 4.69) is 20.5 Å². The summed E-state index contributed by atoms with van der Waals surface area (Å²) in [7, 11) is 1.61. The summed E-state index contributed by atoms with van der Waals surface area (Å²) in [5.74, 6) is -0.961. The van der Waals surface area contributed by atoms with Crippen LogP contribution in [-0.4, -0.2) is 22.2 Å². The number of aromatic nitrogens is 3. The van der Waals surface area contributed by atoms with Crippen molar-refractivity contribution in [3.63, 3.8) is 0 Å². The summed E-state index contributed by atoms with van der Waals surface area (Å²) in [4.78, 5) is 3.22. The van der Waals surface area contributed by atoms with Crippen molar-refractivity contribution in [3.8, 4) is 0 Å². The summed E-state index contributed by atoms with van der Waals surface area (Å²) in [6.07, 6.45) is -4.47. The van der Waals surface area contributed by atoms with Crippen molar-refractivity contribution in [1.82, 2.24) is 20.5 Å². The van der Waals surface area contributed by atoms with Crippen LogP contribution in [-0.2, 0) is 12.7 Å². The van der Waals surface area contributed by atoms with E-state index in [-0.39, 0.29) is 12.4 Å². The smallest absolute Gasteiger partial charge is 0.313 e. The predicted octanol–water partition coefficient (Wildman–Crippen LogP) is 0.543. The van der Waals surface area contributed by atoms with E-state index in [0.29, 0.717) is 0 Å². The number of alkyl halides is 3. The van der Waals surface area contributed by atoms with Crippen molar-refractivity contribution in [1.29, 1.82) is 0 Å². The highest BCUT2D eigenvalue weighted by Gasteiger charge is 2.35. The molecule has 0 radical (unpaired) electrons. The van der Waals surface area contributed by atoms with Crippen LogP contribution in [0.1, 0.15) is 11.6 Å². The summed E-state index contributed by atoms with van der Waals surface area (Å²) < 4.78 is 35.6. The Balaban J connectivity index is 2.77. The standard InChI is InChI=1S/C5H7F3N4/c1-9-2-3-10-4(12-11-3)5(6,7)8/h9H,2H2,1H3,(H,10,11,12). The molecule has 0 aliphatic carbocycles. The summed E-state index contributed by atoms with van der Waals surface area (Å²) >= 11 is 0. The van der Waals surface area contributed by atoms with E-state index < -0.39 is 12.0 Å². The van der Waals surface area contributed by atoms with Gasteiger partial charge < -0.3 is 5.32 Å². The second-order valence-electron chi connectivity index (χ2n) is 2.13. The topological polar surface area (TPSA) is 53.6 Å². The summed E-state index contributed by atoms with van der Waals surface area (Å²) in [6.45, 7) is 0.239. The molecule has 1 rings (SSSR count). The lowest BCUT2D eigenvalue weighted by Crippen LogP contribution is -2.09. The van der Waals surface area contributed by atoms with Crippen molar-refractivity contribution in [2.45, 2.75) is 12.7 Å². The van der Waals surface area contributed by atoms with Crippen molar-refractivity contribution in [2.75, 3.05) is 7.05 Å². The third-order valence-corrected chi connectivity index (χ3v) is 1.13. The molecule has 0 aliphatic rings. The molecule has 0 unspecified atom stereocenters. The van der Waals surface area contributed by atoms with E-state index in [9.17, 15) is 13.2 Å². The second kappa shape index (κ2) is 3.10. The molecule has 0 bridgehead atoms. The Labute approximate surface area is 66.2 Å². The Morgan fingerprint density at radius 3 is 2.58 bits per heavy atom. The van der Waals surface area contributed by atoms with Gasteiger partial charge in [-0.3, -0.25) is 5.10 Å². The molecular weight excluding hydrogens is 173 g/mol. The van der Waals surface area contributed by atoms with E-state index in [1.54, 1.807) is 7.05 Å². The number of rotatable bonds is 2. The molecule has 1 heterocycles. The van der Waals surface area contributed by atoms with E-state index in [1.165, 1.54) is 0 Å². The van der Waals surface area contributed by atoms with Crippen LogP contribution in [0.4, 0.5) is 13.2 Å². The fraction of sp³-hybridized carbons (Fsp3) is 0.600. The molecule has 1 aromatic rings. The van der Waals surface area contributed by atoms with Gasteiger partial charge in [0.1, 0.15) is 5.82 Å². The van der Waals surface area contributed by atoms with E-state index >= 15 is 0 Å². The molecule has 12 heavy (non-hydrogen) atoms. The van der Waals surface area contributed by atoms with Crippen LogP contribution in [0.3, 0.4) is 0 Å². The molecule has 0 saturated carbocycles. The Kier molecular flexibility index (Phi) is 2.32. The Morgan fingerprint density at radius 2 is 2.17 bits per heavy atom. The Hall–Kier alpha value is -1.11. The fourth-order valence-electron chi connectivity index (χ4n) is 0.669. The van der Waals surface area contributed by atoms with Crippen molar-refractivity contribution in [2.24, 2.45) is 0 Å². The number of hydrogen-bond donors (Lipinski definition) is 2. The second-order valence-corrected chi connectivity index (χ2v) is 2.13. The molecular formula is C5H7F3N4. The van der Waals surface area contributed by atoms with Gasteiger partial charge in [-0.25, -0.2) is 4.98 Å². The van der Waals surface area contributed by atoms with Crippen molar-refractivity contribution < 1.29 is 13.2 Å². The molecule has 0 fully saturated rings. The highest BCUT2D eigenvalue weighted by atomic mass is 19.4. The average molecular weight is 180 g/mol. The molecule has 0 spiro atoms. The highest BCUT2D eigenvalue weighted by Crippen LogP contribution is 2.25. The van der Waals surface area contributed by atoms with Gasteiger partial charge in [0.25, 0.3) is 5.82 Å². The molecule has 0 saturated heterocycles. The molecule has 0 amide bonds. The third kappa shape index (κ3) is 1.94. The summed E-state index contributed by atoms with van der Waals surface area (Å²) in [5.41, 5.74) is 0. The molecule has 0 aliphatic heterocycles. The lowest BCUT2D eigenvalue weighted by atomic mass is 10.6. The van der Waals surface area contributed by atoms with Crippen molar-refractivity contribution in [3.05, 3.63) is 11.6 Å². The monoisotopic (exact) mass is 180 g/mol. The van der Waals surface area contributed by atoms with Gasteiger partial charge in [-0.15, -0.1) is 5.10 Å². The molecule has 0 atom stereocenters. The first kappa shape index (κ1) is 8.98. The zero-order valence-electron chi connectivity index (χ0n) is 6.24. The number of nitrogens with zero attached hydrogens (tertiary/aromatic N) is 2. The van der Waals surface area contributed by atoms with Gasteiger partial charge in [-0.05, 0) is 7.05 Å². The zero-order chi connectivity index (χ0) is 9.19. The summed E-state index contributed by atoms with van der Waals surface area (Å²) in [6, 6.07) is 0. The van der Waals surface area contributed by atoms with Gasteiger partial charge in [-0.1, -0.05) is 0 Å². The number of H-pyrrole nitrogens is 1. The number of aromatic amines is 1. The SMILES string of the molecule is CNCc1nc(C(F)(F)F)n[nH]1. The predicted molar refractivity (Wildman–Crippen MR) is 34.1 cm³/mol. The fourth-order valence-corrected chi connectivity index (χ4v) is 0.669.